The van der Waals surface area contributed by atoms with Gasteiger partial charge in [0.15, 0.2) is 0 Å². The lowest BCUT2D eigenvalue weighted by Crippen LogP contribution is -2.56. The normalized spacial score (nSPS) is 40.6. The fourth-order valence-electron chi connectivity index (χ4n) is 4.45. The molecule has 5 atom stereocenters. The minimum Gasteiger partial charge on any atom is -0.313 e. The average Bonchev–Trinajstić information content (AvgIpc) is 2.41. The summed E-state index contributed by atoms with van der Waals surface area (Å²) in [5.41, 5.74) is 0. The smallest absolute Gasteiger partial charge is 0.0251 e. The summed E-state index contributed by atoms with van der Waals surface area (Å²) in [4.78, 5) is 2.76. The lowest BCUT2D eigenvalue weighted by molar-refractivity contribution is 0.0471. The van der Waals surface area contributed by atoms with Crippen molar-refractivity contribution in [1.82, 2.24) is 10.2 Å². The highest BCUT2D eigenvalue weighted by molar-refractivity contribution is 4.93. The summed E-state index contributed by atoms with van der Waals surface area (Å²) < 4.78 is 0. The molecule has 2 heteroatoms. The van der Waals surface area contributed by atoms with Crippen molar-refractivity contribution in [3.63, 3.8) is 0 Å². The first-order valence-electron chi connectivity index (χ1n) is 8.58. The molecule has 19 heavy (non-hydrogen) atoms. The Morgan fingerprint density at radius 2 is 1.74 bits per heavy atom. The molecule has 0 aromatic carbocycles. The van der Waals surface area contributed by atoms with E-state index >= 15 is 0 Å². The van der Waals surface area contributed by atoms with Crippen molar-refractivity contribution in [2.45, 2.75) is 83.8 Å². The minimum absolute atomic E-state index is 0.723. The molecule has 0 spiro atoms. The number of nitrogens with one attached hydrogen (secondary N) is 1. The fraction of sp³-hybridized carbons (Fsp3) is 1.00. The SMILES string of the molecule is CCNC1CCC(C)CC1N(C)C1CCCCC1C. The molecule has 0 heterocycles. The van der Waals surface area contributed by atoms with Gasteiger partial charge in [-0.05, 0) is 57.5 Å². The standard InChI is InChI=1S/C17H34N2/c1-5-18-15-11-10-13(2)12-17(15)19(4)16-9-7-6-8-14(16)3/h13-18H,5-12H2,1-4H3. The highest BCUT2D eigenvalue weighted by atomic mass is 15.2. The first-order chi connectivity index (χ1) is 9.13. The molecule has 2 aliphatic carbocycles. The van der Waals surface area contributed by atoms with Gasteiger partial charge in [0, 0.05) is 18.1 Å². The largest absolute Gasteiger partial charge is 0.313 e. The lowest BCUT2D eigenvalue weighted by Gasteiger charge is -2.47. The minimum atomic E-state index is 0.723. The van der Waals surface area contributed by atoms with Crippen LogP contribution in [0.1, 0.15) is 65.7 Å². The van der Waals surface area contributed by atoms with E-state index in [-0.39, 0.29) is 0 Å². The quantitative estimate of drug-likeness (QED) is 0.835. The molecule has 0 amide bonds. The average molecular weight is 266 g/mol. The third-order valence-corrected chi connectivity index (χ3v) is 5.66. The maximum atomic E-state index is 3.75. The zero-order chi connectivity index (χ0) is 13.8. The summed E-state index contributed by atoms with van der Waals surface area (Å²) in [7, 11) is 2.40. The number of hydrogen-bond acceptors (Lipinski definition) is 2. The van der Waals surface area contributed by atoms with Crippen molar-refractivity contribution in [3.8, 4) is 0 Å². The van der Waals surface area contributed by atoms with Crippen molar-refractivity contribution in [1.29, 1.82) is 0 Å². The molecule has 0 aromatic rings. The number of hydrogen-bond donors (Lipinski definition) is 1. The maximum Gasteiger partial charge on any atom is 0.0251 e. The third-order valence-electron chi connectivity index (χ3n) is 5.66. The summed E-state index contributed by atoms with van der Waals surface area (Å²) in [5, 5.41) is 3.75. The second-order valence-corrected chi connectivity index (χ2v) is 7.14. The fourth-order valence-corrected chi connectivity index (χ4v) is 4.45. The van der Waals surface area contributed by atoms with Gasteiger partial charge in [-0.25, -0.2) is 0 Å². The van der Waals surface area contributed by atoms with E-state index in [2.05, 4.69) is 38.0 Å². The molecule has 112 valence electrons. The Balaban J connectivity index is 2.02. The molecule has 0 saturated heterocycles. The number of rotatable bonds is 4. The summed E-state index contributed by atoms with van der Waals surface area (Å²) >= 11 is 0. The van der Waals surface area contributed by atoms with Gasteiger partial charge >= 0.3 is 0 Å². The zero-order valence-electron chi connectivity index (χ0n) is 13.5. The van der Waals surface area contributed by atoms with E-state index < -0.39 is 0 Å². The molecule has 0 aromatic heterocycles. The lowest BCUT2D eigenvalue weighted by atomic mass is 9.79. The summed E-state index contributed by atoms with van der Waals surface area (Å²) in [6.07, 6.45) is 9.89. The van der Waals surface area contributed by atoms with Crippen molar-refractivity contribution in [3.05, 3.63) is 0 Å². The molecule has 2 saturated carbocycles. The van der Waals surface area contributed by atoms with Crippen LogP contribution in [-0.2, 0) is 0 Å². The van der Waals surface area contributed by atoms with Crippen molar-refractivity contribution in [2.24, 2.45) is 11.8 Å². The van der Waals surface area contributed by atoms with Crippen LogP contribution < -0.4 is 5.32 Å². The molecule has 1 N–H and O–H groups in total. The van der Waals surface area contributed by atoms with Gasteiger partial charge in [-0.3, -0.25) is 4.90 Å². The summed E-state index contributed by atoms with van der Waals surface area (Å²) in [5.74, 6) is 1.79. The van der Waals surface area contributed by atoms with Crippen LogP contribution in [0.4, 0.5) is 0 Å². The Morgan fingerprint density at radius 3 is 2.42 bits per heavy atom. The highest BCUT2D eigenvalue weighted by Crippen LogP contribution is 2.33. The van der Waals surface area contributed by atoms with Crippen LogP contribution in [0.5, 0.6) is 0 Å². The van der Waals surface area contributed by atoms with Crippen LogP contribution in [-0.4, -0.2) is 36.6 Å². The third kappa shape index (κ3) is 3.72. The van der Waals surface area contributed by atoms with Gasteiger partial charge in [0.2, 0.25) is 0 Å². The molecule has 0 radical (unpaired) electrons. The number of likely N-dealkylation sites (N-methyl/N-ethyl adjacent to an activating group) is 2. The maximum absolute atomic E-state index is 3.75. The topological polar surface area (TPSA) is 15.3 Å². The summed E-state index contributed by atoms with van der Waals surface area (Å²) in [6.45, 7) is 8.27. The van der Waals surface area contributed by atoms with Crippen LogP contribution >= 0.6 is 0 Å². The van der Waals surface area contributed by atoms with E-state index in [4.69, 9.17) is 0 Å². The zero-order valence-corrected chi connectivity index (χ0v) is 13.5. The van der Waals surface area contributed by atoms with Crippen LogP contribution in [0.2, 0.25) is 0 Å². The molecule has 2 nitrogen and oxygen atoms in total. The van der Waals surface area contributed by atoms with E-state index in [9.17, 15) is 0 Å². The van der Waals surface area contributed by atoms with Gasteiger partial charge in [-0.2, -0.15) is 0 Å². The molecule has 0 bridgehead atoms. The van der Waals surface area contributed by atoms with Crippen molar-refractivity contribution >= 4 is 0 Å². The van der Waals surface area contributed by atoms with Gasteiger partial charge in [0.05, 0.1) is 0 Å². The predicted octanol–water partition coefficient (Wildman–Crippen LogP) is 3.66. The molecule has 2 rings (SSSR count). The van der Waals surface area contributed by atoms with Gasteiger partial charge in [-0.15, -0.1) is 0 Å². The van der Waals surface area contributed by atoms with E-state index in [1.54, 1.807) is 0 Å². The van der Waals surface area contributed by atoms with Gasteiger partial charge < -0.3 is 5.32 Å². The van der Waals surface area contributed by atoms with Gasteiger partial charge in [-0.1, -0.05) is 33.6 Å². The van der Waals surface area contributed by atoms with E-state index in [0.29, 0.717) is 0 Å². The van der Waals surface area contributed by atoms with E-state index in [1.807, 2.05) is 0 Å². The molecule has 5 unspecified atom stereocenters. The molecule has 0 aliphatic heterocycles. The summed E-state index contributed by atoms with van der Waals surface area (Å²) in [6, 6.07) is 2.31. The second-order valence-electron chi connectivity index (χ2n) is 7.14. The molecule has 2 fully saturated rings. The Morgan fingerprint density at radius 1 is 1.00 bits per heavy atom. The van der Waals surface area contributed by atoms with Gasteiger partial charge in [0.1, 0.15) is 0 Å². The van der Waals surface area contributed by atoms with Crippen LogP contribution in [0, 0.1) is 11.8 Å². The number of nitrogens with zero attached hydrogens (tertiary/aromatic N) is 1. The monoisotopic (exact) mass is 266 g/mol. The highest BCUT2D eigenvalue weighted by Gasteiger charge is 2.36. The Hall–Kier alpha value is -0.0800. The van der Waals surface area contributed by atoms with Crippen molar-refractivity contribution < 1.29 is 0 Å². The Bertz CT molecular complexity index is 266. The predicted molar refractivity (Wildman–Crippen MR) is 83.5 cm³/mol. The van der Waals surface area contributed by atoms with Gasteiger partial charge in [0.25, 0.3) is 0 Å². The first-order valence-corrected chi connectivity index (χ1v) is 8.58. The Kier molecular flexibility index (Phi) is 5.70. The van der Waals surface area contributed by atoms with E-state index in [0.717, 1.165) is 36.5 Å². The van der Waals surface area contributed by atoms with Crippen LogP contribution in [0.25, 0.3) is 0 Å². The van der Waals surface area contributed by atoms with Crippen LogP contribution in [0.15, 0.2) is 0 Å². The van der Waals surface area contributed by atoms with Crippen molar-refractivity contribution in [2.75, 3.05) is 13.6 Å². The molecular formula is C17H34N2. The van der Waals surface area contributed by atoms with E-state index in [1.165, 1.54) is 44.9 Å². The first kappa shape index (κ1) is 15.3. The Labute approximate surface area is 120 Å². The molecular weight excluding hydrogens is 232 g/mol. The van der Waals surface area contributed by atoms with Crippen LogP contribution in [0.3, 0.4) is 0 Å². The second kappa shape index (κ2) is 7.08. The molecule has 2 aliphatic rings.